The van der Waals surface area contributed by atoms with Gasteiger partial charge in [-0.15, -0.1) is 0 Å². The van der Waals surface area contributed by atoms with Gasteiger partial charge in [-0.3, -0.25) is 0 Å². The highest BCUT2D eigenvalue weighted by molar-refractivity contribution is 7.99. The fourth-order valence-electron chi connectivity index (χ4n) is 1.67. The third-order valence-electron chi connectivity index (χ3n) is 2.73. The molecular weight excluding hydrogens is 242 g/mol. The van der Waals surface area contributed by atoms with Gasteiger partial charge in [-0.05, 0) is 42.0 Å². The average Bonchev–Trinajstić information content (AvgIpc) is 2.42. The SMILES string of the molecule is CCCCCSCCCOc1cccc(CN)c1. The molecule has 1 rings (SSSR count). The van der Waals surface area contributed by atoms with Gasteiger partial charge in [-0.2, -0.15) is 11.8 Å². The van der Waals surface area contributed by atoms with E-state index in [9.17, 15) is 0 Å². The van der Waals surface area contributed by atoms with E-state index in [2.05, 4.69) is 6.92 Å². The summed E-state index contributed by atoms with van der Waals surface area (Å²) in [5.41, 5.74) is 6.72. The van der Waals surface area contributed by atoms with Crippen LogP contribution in [0.3, 0.4) is 0 Å². The summed E-state index contributed by atoms with van der Waals surface area (Å²) in [6.07, 6.45) is 5.13. The van der Waals surface area contributed by atoms with E-state index in [1.807, 2.05) is 36.0 Å². The Balaban J connectivity index is 2.03. The zero-order valence-electron chi connectivity index (χ0n) is 11.4. The molecule has 0 unspecified atom stereocenters. The van der Waals surface area contributed by atoms with Crippen LogP contribution in [0.25, 0.3) is 0 Å². The molecule has 18 heavy (non-hydrogen) atoms. The summed E-state index contributed by atoms with van der Waals surface area (Å²) in [7, 11) is 0. The lowest BCUT2D eigenvalue weighted by Crippen LogP contribution is -2.01. The normalized spacial score (nSPS) is 10.6. The van der Waals surface area contributed by atoms with E-state index in [4.69, 9.17) is 10.5 Å². The number of benzene rings is 1. The zero-order valence-corrected chi connectivity index (χ0v) is 12.2. The Morgan fingerprint density at radius 3 is 2.78 bits per heavy atom. The minimum Gasteiger partial charge on any atom is -0.494 e. The number of ether oxygens (including phenoxy) is 1. The highest BCUT2D eigenvalue weighted by Crippen LogP contribution is 2.14. The van der Waals surface area contributed by atoms with E-state index in [-0.39, 0.29) is 0 Å². The summed E-state index contributed by atoms with van der Waals surface area (Å²) in [6.45, 7) is 3.62. The predicted octanol–water partition coefficient (Wildman–Crippen LogP) is 3.84. The minimum atomic E-state index is 0.574. The van der Waals surface area contributed by atoms with Gasteiger partial charge in [0.25, 0.3) is 0 Å². The molecule has 0 saturated heterocycles. The van der Waals surface area contributed by atoms with Gasteiger partial charge in [0, 0.05) is 6.54 Å². The molecule has 0 amide bonds. The topological polar surface area (TPSA) is 35.2 Å². The van der Waals surface area contributed by atoms with Gasteiger partial charge in [-0.1, -0.05) is 31.9 Å². The van der Waals surface area contributed by atoms with Crippen molar-refractivity contribution in [3.05, 3.63) is 29.8 Å². The Kier molecular flexibility index (Phi) is 8.78. The van der Waals surface area contributed by atoms with Crippen LogP contribution < -0.4 is 10.5 Å². The molecule has 2 nitrogen and oxygen atoms in total. The average molecular weight is 267 g/mol. The lowest BCUT2D eigenvalue weighted by molar-refractivity contribution is 0.318. The first kappa shape index (κ1) is 15.4. The van der Waals surface area contributed by atoms with Crippen molar-refractivity contribution in [3.8, 4) is 5.75 Å². The van der Waals surface area contributed by atoms with Gasteiger partial charge in [0.15, 0.2) is 0 Å². The van der Waals surface area contributed by atoms with Crippen LogP contribution in [-0.4, -0.2) is 18.1 Å². The van der Waals surface area contributed by atoms with Gasteiger partial charge < -0.3 is 10.5 Å². The molecule has 1 aromatic carbocycles. The van der Waals surface area contributed by atoms with Crippen LogP contribution in [0.15, 0.2) is 24.3 Å². The smallest absolute Gasteiger partial charge is 0.119 e. The second-order valence-corrected chi connectivity index (χ2v) is 5.60. The first-order valence-electron chi connectivity index (χ1n) is 6.86. The number of hydrogen-bond acceptors (Lipinski definition) is 3. The number of rotatable bonds is 10. The number of nitrogens with two attached hydrogens (primary N) is 1. The largest absolute Gasteiger partial charge is 0.494 e. The fourth-order valence-corrected chi connectivity index (χ4v) is 2.60. The van der Waals surface area contributed by atoms with E-state index in [1.165, 1.54) is 30.8 Å². The molecule has 1 aromatic rings. The highest BCUT2D eigenvalue weighted by Gasteiger charge is 1.96. The molecule has 0 radical (unpaired) electrons. The monoisotopic (exact) mass is 267 g/mol. The summed E-state index contributed by atoms with van der Waals surface area (Å²) in [5.74, 6) is 3.42. The van der Waals surface area contributed by atoms with Crippen molar-refractivity contribution in [2.75, 3.05) is 18.1 Å². The van der Waals surface area contributed by atoms with Gasteiger partial charge >= 0.3 is 0 Å². The molecule has 0 fully saturated rings. The molecule has 0 aliphatic heterocycles. The van der Waals surface area contributed by atoms with Crippen LogP contribution in [0.2, 0.25) is 0 Å². The van der Waals surface area contributed by atoms with Gasteiger partial charge in [0.05, 0.1) is 6.61 Å². The van der Waals surface area contributed by atoms with Crippen LogP contribution in [0, 0.1) is 0 Å². The second kappa shape index (κ2) is 10.3. The maximum atomic E-state index is 5.71. The van der Waals surface area contributed by atoms with Crippen molar-refractivity contribution in [1.29, 1.82) is 0 Å². The number of unbranched alkanes of at least 4 members (excludes halogenated alkanes) is 2. The molecular formula is C15H25NOS. The maximum Gasteiger partial charge on any atom is 0.119 e. The molecule has 0 aliphatic carbocycles. The number of thioether (sulfide) groups is 1. The van der Waals surface area contributed by atoms with E-state index in [0.717, 1.165) is 24.3 Å². The van der Waals surface area contributed by atoms with Crippen molar-refractivity contribution in [2.45, 2.75) is 39.2 Å². The van der Waals surface area contributed by atoms with E-state index in [1.54, 1.807) is 0 Å². The van der Waals surface area contributed by atoms with Gasteiger partial charge in [0.2, 0.25) is 0 Å². The molecule has 0 atom stereocenters. The molecule has 0 spiro atoms. The quantitative estimate of drug-likeness (QED) is 0.654. The Hall–Kier alpha value is -0.670. The summed E-state index contributed by atoms with van der Waals surface area (Å²) >= 11 is 2.04. The summed E-state index contributed by atoms with van der Waals surface area (Å²) in [6, 6.07) is 8.04. The predicted molar refractivity (Wildman–Crippen MR) is 81.3 cm³/mol. The lowest BCUT2D eigenvalue weighted by atomic mass is 10.2. The molecule has 0 aromatic heterocycles. The first-order valence-corrected chi connectivity index (χ1v) is 8.02. The molecule has 3 heteroatoms. The molecule has 0 bridgehead atoms. The number of hydrogen-bond donors (Lipinski definition) is 1. The van der Waals surface area contributed by atoms with E-state index < -0.39 is 0 Å². The Labute approximate surface area is 115 Å². The van der Waals surface area contributed by atoms with Crippen molar-refractivity contribution in [3.63, 3.8) is 0 Å². The minimum absolute atomic E-state index is 0.574. The van der Waals surface area contributed by atoms with Crippen LogP contribution in [0.1, 0.15) is 38.2 Å². The van der Waals surface area contributed by atoms with Crippen LogP contribution in [-0.2, 0) is 6.54 Å². The summed E-state index contributed by atoms with van der Waals surface area (Å²) < 4.78 is 5.71. The fraction of sp³-hybridized carbons (Fsp3) is 0.600. The van der Waals surface area contributed by atoms with Gasteiger partial charge in [0.1, 0.15) is 5.75 Å². The van der Waals surface area contributed by atoms with Crippen molar-refractivity contribution in [2.24, 2.45) is 5.73 Å². The maximum absolute atomic E-state index is 5.71. The summed E-state index contributed by atoms with van der Waals surface area (Å²) in [4.78, 5) is 0. The van der Waals surface area contributed by atoms with Crippen molar-refractivity contribution < 1.29 is 4.74 Å². The van der Waals surface area contributed by atoms with Crippen LogP contribution >= 0.6 is 11.8 Å². The molecule has 0 saturated carbocycles. The third-order valence-corrected chi connectivity index (χ3v) is 3.88. The van der Waals surface area contributed by atoms with Crippen LogP contribution in [0.4, 0.5) is 0 Å². The summed E-state index contributed by atoms with van der Waals surface area (Å²) in [5, 5.41) is 0. The Morgan fingerprint density at radius 1 is 1.17 bits per heavy atom. The second-order valence-electron chi connectivity index (χ2n) is 4.37. The van der Waals surface area contributed by atoms with Gasteiger partial charge in [-0.25, -0.2) is 0 Å². The lowest BCUT2D eigenvalue weighted by Gasteiger charge is -2.07. The van der Waals surface area contributed by atoms with Crippen LogP contribution in [0.5, 0.6) is 5.75 Å². The molecule has 102 valence electrons. The van der Waals surface area contributed by atoms with E-state index >= 15 is 0 Å². The zero-order chi connectivity index (χ0) is 13.1. The standard InChI is InChI=1S/C15H25NOS/c1-2-3-4-10-18-11-6-9-17-15-8-5-7-14(12-15)13-16/h5,7-8,12H,2-4,6,9-11,13,16H2,1H3. The Bertz CT molecular complexity index is 317. The Morgan fingerprint density at radius 2 is 2.00 bits per heavy atom. The molecule has 0 aliphatic rings. The first-order chi connectivity index (χ1) is 8.86. The molecule has 0 heterocycles. The third kappa shape index (κ3) is 6.92. The van der Waals surface area contributed by atoms with E-state index in [0.29, 0.717) is 6.54 Å². The van der Waals surface area contributed by atoms with Crippen molar-refractivity contribution >= 4 is 11.8 Å². The molecule has 2 N–H and O–H groups in total. The highest BCUT2D eigenvalue weighted by atomic mass is 32.2. The van der Waals surface area contributed by atoms with Crippen molar-refractivity contribution in [1.82, 2.24) is 0 Å².